The van der Waals surface area contributed by atoms with E-state index < -0.39 is 6.04 Å². The number of rotatable bonds is 10. The summed E-state index contributed by atoms with van der Waals surface area (Å²) in [5.74, 6) is 0.00763. The zero-order valence-electron chi connectivity index (χ0n) is 18.6. The fourth-order valence-electron chi connectivity index (χ4n) is 3.44. The minimum Gasteiger partial charge on any atom is -0.484 e. The van der Waals surface area contributed by atoms with Crippen LogP contribution in [0.1, 0.15) is 18.1 Å². The fraction of sp³-hybridized carbons (Fsp3) is 0.231. The molecule has 178 valence electrons. The Labute approximate surface area is 218 Å². The standard InChI is InChI=1S/C26H25BrCl2N2O3/c1-2-30-26(33)24(15-18-6-4-3-5-7-18)31(16-19-8-13-22(28)23(29)14-19)25(32)17-34-21-11-9-20(27)10-12-21/h3-14,24H,2,15-17H2,1H3,(H,30,33). The Balaban J connectivity index is 1.90. The second kappa shape index (κ2) is 12.8. The molecule has 5 nitrogen and oxygen atoms in total. The van der Waals surface area contributed by atoms with E-state index in [1.54, 1.807) is 30.3 Å². The van der Waals surface area contributed by atoms with Gasteiger partial charge in [-0.3, -0.25) is 9.59 Å². The normalized spacial score (nSPS) is 11.5. The number of hydrogen-bond donors (Lipinski definition) is 1. The number of likely N-dealkylation sites (N-methyl/N-ethyl adjacent to an activating group) is 1. The summed E-state index contributed by atoms with van der Waals surface area (Å²) in [6.07, 6.45) is 0.359. The van der Waals surface area contributed by atoms with Crippen molar-refractivity contribution in [2.45, 2.75) is 25.9 Å². The molecule has 0 heterocycles. The highest BCUT2D eigenvalue weighted by molar-refractivity contribution is 9.10. The molecule has 3 aromatic rings. The van der Waals surface area contributed by atoms with Crippen molar-refractivity contribution in [2.24, 2.45) is 0 Å². The molecule has 0 fully saturated rings. The topological polar surface area (TPSA) is 58.6 Å². The van der Waals surface area contributed by atoms with Crippen LogP contribution < -0.4 is 10.1 Å². The molecule has 8 heteroatoms. The summed E-state index contributed by atoms with van der Waals surface area (Å²) in [7, 11) is 0. The number of benzene rings is 3. The molecule has 0 aliphatic carbocycles. The maximum absolute atomic E-state index is 13.4. The molecular weight excluding hydrogens is 539 g/mol. The highest BCUT2D eigenvalue weighted by Crippen LogP contribution is 2.24. The molecule has 3 aromatic carbocycles. The lowest BCUT2D eigenvalue weighted by molar-refractivity contribution is -0.142. The average Bonchev–Trinajstić information content (AvgIpc) is 2.83. The van der Waals surface area contributed by atoms with E-state index in [0.29, 0.717) is 28.8 Å². The van der Waals surface area contributed by atoms with Crippen LogP contribution in [0, 0.1) is 0 Å². The van der Waals surface area contributed by atoms with Gasteiger partial charge in [0.2, 0.25) is 5.91 Å². The Morgan fingerprint density at radius 2 is 1.68 bits per heavy atom. The van der Waals surface area contributed by atoms with Crippen molar-refractivity contribution in [1.82, 2.24) is 10.2 Å². The zero-order chi connectivity index (χ0) is 24.5. The molecular formula is C26H25BrCl2N2O3. The molecule has 2 amide bonds. The summed E-state index contributed by atoms with van der Waals surface area (Å²) >= 11 is 15.7. The van der Waals surface area contributed by atoms with Crippen LogP contribution in [0.3, 0.4) is 0 Å². The van der Waals surface area contributed by atoms with E-state index in [1.165, 1.54) is 4.90 Å². The second-order valence-electron chi connectivity index (χ2n) is 7.61. The van der Waals surface area contributed by atoms with Gasteiger partial charge in [-0.25, -0.2) is 0 Å². The lowest BCUT2D eigenvalue weighted by Gasteiger charge is -2.31. The van der Waals surface area contributed by atoms with E-state index in [4.69, 9.17) is 27.9 Å². The van der Waals surface area contributed by atoms with Gasteiger partial charge in [-0.15, -0.1) is 0 Å². The molecule has 0 bridgehead atoms. The Bertz CT molecular complexity index is 1110. The molecule has 1 atom stereocenters. The average molecular weight is 564 g/mol. The quantitative estimate of drug-likeness (QED) is 0.333. The summed E-state index contributed by atoms with van der Waals surface area (Å²) in [4.78, 5) is 28.1. The number of halogens is 3. The number of nitrogens with one attached hydrogen (secondary N) is 1. The van der Waals surface area contributed by atoms with Gasteiger partial charge in [0.1, 0.15) is 11.8 Å². The molecule has 0 aliphatic rings. The maximum atomic E-state index is 13.4. The van der Waals surface area contributed by atoms with Crippen LogP contribution in [0.15, 0.2) is 77.3 Å². The van der Waals surface area contributed by atoms with Crippen LogP contribution in [-0.4, -0.2) is 35.9 Å². The van der Waals surface area contributed by atoms with E-state index in [2.05, 4.69) is 21.2 Å². The zero-order valence-corrected chi connectivity index (χ0v) is 21.7. The van der Waals surface area contributed by atoms with Crippen LogP contribution in [0.5, 0.6) is 5.75 Å². The van der Waals surface area contributed by atoms with Gasteiger partial charge in [0.25, 0.3) is 5.91 Å². The van der Waals surface area contributed by atoms with Crippen LogP contribution >= 0.6 is 39.1 Å². The SMILES string of the molecule is CCNC(=O)C(Cc1ccccc1)N(Cc1ccc(Cl)c(Cl)c1)C(=O)COc1ccc(Br)cc1. The van der Waals surface area contributed by atoms with Crippen molar-refractivity contribution in [1.29, 1.82) is 0 Å². The molecule has 0 saturated carbocycles. The lowest BCUT2D eigenvalue weighted by atomic mass is 10.0. The van der Waals surface area contributed by atoms with E-state index in [1.807, 2.05) is 49.4 Å². The summed E-state index contributed by atoms with van der Waals surface area (Å²) in [5.41, 5.74) is 1.70. The molecule has 34 heavy (non-hydrogen) atoms. The number of hydrogen-bond acceptors (Lipinski definition) is 3. The van der Waals surface area contributed by atoms with Gasteiger partial charge in [0.15, 0.2) is 6.61 Å². The maximum Gasteiger partial charge on any atom is 0.261 e. The van der Waals surface area contributed by atoms with E-state index in [0.717, 1.165) is 15.6 Å². The van der Waals surface area contributed by atoms with Crippen LogP contribution in [0.2, 0.25) is 10.0 Å². The van der Waals surface area contributed by atoms with Gasteiger partial charge < -0.3 is 15.0 Å². The monoisotopic (exact) mass is 562 g/mol. The third kappa shape index (κ3) is 7.49. The van der Waals surface area contributed by atoms with Gasteiger partial charge in [0.05, 0.1) is 10.0 Å². The minimum atomic E-state index is -0.738. The number of amides is 2. The summed E-state index contributed by atoms with van der Waals surface area (Å²) < 4.78 is 6.64. The Morgan fingerprint density at radius 3 is 2.32 bits per heavy atom. The molecule has 0 aromatic heterocycles. The number of carbonyl (C=O) groups excluding carboxylic acids is 2. The van der Waals surface area contributed by atoms with E-state index in [9.17, 15) is 9.59 Å². The summed E-state index contributed by atoms with van der Waals surface area (Å²) in [5, 5.41) is 3.67. The smallest absolute Gasteiger partial charge is 0.261 e. The first-order chi connectivity index (χ1) is 16.4. The molecule has 0 radical (unpaired) electrons. The first-order valence-corrected chi connectivity index (χ1v) is 12.4. The molecule has 1 unspecified atom stereocenters. The minimum absolute atomic E-state index is 0.175. The van der Waals surface area contributed by atoms with Crippen molar-refractivity contribution >= 4 is 50.9 Å². The number of carbonyl (C=O) groups is 2. The van der Waals surface area contributed by atoms with Crippen molar-refractivity contribution < 1.29 is 14.3 Å². The number of nitrogens with zero attached hydrogens (tertiary/aromatic N) is 1. The molecule has 0 saturated heterocycles. The Kier molecular flexibility index (Phi) is 9.81. The Hall–Kier alpha value is -2.54. The second-order valence-corrected chi connectivity index (χ2v) is 9.34. The van der Waals surface area contributed by atoms with Crippen LogP contribution in [0.25, 0.3) is 0 Å². The molecule has 1 N–H and O–H groups in total. The van der Waals surface area contributed by atoms with Crippen molar-refractivity contribution in [3.8, 4) is 5.75 Å². The van der Waals surface area contributed by atoms with E-state index >= 15 is 0 Å². The number of ether oxygens (including phenoxy) is 1. The predicted molar refractivity (Wildman–Crippen MR) is 139 cm³/mol. The van der Waals surface area contributed by atoms with Crippen molar-refractivity contribution in [2.75, 3.05) is 13.2 Å². The van der Waals surface area contributed by atoms with Crippen LogP contribution in [-0.2, 0) is 22.6 Å². The summed E-state index contributed by atoms with van der Waals surface area (Å²) in [6.45, 7) is 2.26. The molecule has 3 rings (SSSR count). The third-order valence-corrected chi connectivity index (χ3v) is 6.40. The van der Waals surface area contributed by atoms with Gasteiger partial charge in [-0.2, -0.15) is 0 Å². The molecule has 0 aliphatic heterocycles. The van der Waals surface area contributed by atoms with Gasteiger partial charge >= 0.3 is 0 Å². The highest BCUT2D eigenvalue weighted by Gasteiger charge is 2.30. The third-order valence-electron chi connectivity index (χ3n) is 5.13. The van der Waals surface area contributed by atoms with Gasteiger partial charge in [-0.1, -0.05) is 75.5 Å². The fourth-order valence-corrected chi connectivity index (χ4v) is 4.02. The van der Waals surface area contributed by atoms with Gasteiger partial charge in [-0.05, 0) is 54.4 Å². The van der Waals surface area contributed by atoms with Crippen molar-refractivity contribution in [3.63, 3.8) is 0 Å². The van der Waals surface area contributed by atoms with Crippen molar-refractivity contribution in [3.05, 3.63) is 98.4 Å². The lowest BCUT2D eigenvalue weighted by Crippen LogP contribution is -2.51. The largest absolute Gasteiger partial charge is 0.484 e. The summed E-state index contributed by atoms with van der Waals surface area (Å²) in [6, 6.07) is 21.2. The predicted octanol–water partition coefficient (Wildman–Crippen LogP) is 5.91. The Morgan fingerprint density at radius 1 is 0.971 bits per heavy atom. The first kappa shape index (κ1) is 26.1. The molecule has 0 spiro atoms. The highest BCUT2D eigenvalue weighted by atomic mass is 79.9. The first-order valence-electron chi connectivity index (χ1n) is 10.8. The van der Waals surface area contributed by atoms with Crippen LogP contribution in [0.4, 0.5) is 0 Å². The van der Waals surface area contributed by atoms with E-state index in [-0.39, 0.29) is 25.0 Å². The van der Waals surface area contributed by atoms with Gasteiger partial charge in [0, 0.05) is 24.0 Å².